The molecule has 1 aromatic heterocycles. The van der Waals surface area contributed by atoms with Crippen LogP contribution in [0.15, 0.2) is 29.1 Å². The highest BCUT2D eigenvalue weighted by molar-refractivity contribution is 7.07. The molecular weight excluding hydrogens is 291 g/mol. The zero-order valence-electron chi connectivity index (χ0n) is 11.1. The van der Waals surface area contributed by atoms with Crippen LogP contribution in [0.5, 0.6) is 0 Å². The molecule has 108 valence electrons. The Hall–Kier alpha value is -2.23. The maximum atomic E-state index is 13.8. The molecule has 1 aromatic carbocycles. The van der Waals surface area contributed by atoms with Crippen molar-refractivity contribution < 1.29 is 14.3 Å². The number of aromatic nitrogens is 1. The number of benzene rings is 1. The number of carbonyl (C=O) groups is 1. The van der Waals surface area contributed by atoms with Crippen LogP contribution < -0.4 is 5.32 Å². The number of aliphatic hydroxyl groups excluding tert-OH is 1. The van der Waals surface area contributed by atoms with E-state index in [0.29, 0.717) is 18.5 Å². The molecule has 4 nitrogen and oxygen atoms in total. The highest BCUT2D eigenvalue weighted by Gasteiger charge is 2.11. The first-order chi connectivity index (χ1) is 10.2. The zero-order valence-corrected chi connectivity index (χ0v) is 11.9. The van der Waals surface area contributed by atoms with Gasteiger partial charge in [0.25, 0.3) is 5.91 Å². The quantitative estimate of drug-likeness (QED) is 0.843. The fourth-order valence-corrected chi connectivity index (χ4v) is 2.27. The van der Waals surface area contributed by atoms with Crippen LogP contribution in [0.1, 0.15) is 21.6 Å². The van der Waals surface area contributed by atoms with E-state index in [9.17, 15) is 9.18 Å². The first kappa shape index (κ1) is 15.2. The summed E-state index contributed by atoms with van der Waals surface area (Å²) in [7, 11) is 0. The minimum atomic E-state index is -0.633. The standard InChI is InChI=1S/C15H13FN2O2S/c16-14-8-11(2-1-7-19)3-4-13(14)15(20)17-6-5-12-9-21-10-18-12/h3-4,8-10,19H,5-7H2,(H,17,20). The number of halogens is 1. The van der Waals surface area contributed by atoms with Gasteiger partial charge in [0.15, 0.2) is 0 Å². The van der Waals surface area contributed by atoms with E-state index in [1.807, 2.05) is 5.38 Å². The van der Waals surface area contributed by atoms with Crippen molar-refractivity contribution in [2.24, 2.45) is 0 Å². The van der Waals surface area contributed by atoms with E-state index >= 15 is 0 Å². The van der Waals surface area contributed by atoms with Gasteiger partial charge in [-0.2, -0.15) is 0 Å². The molecule has 0 aliphatic carbocycles. The predicted molar refractivity (Wildman–Crippen MR) is 78.5 cm³/mol. The van der Waals surface area contributed by atoms with E-state index in [1.54, 1.807) is 11.6 Å². The lowest BCUT2D eigenvalue weighted by Crippen LogP contribution is -2.26. The Balaban J connectivity index is 1.95. The molecule has 2 aromatic rings. The van der Waals surface area contributed by atoms with Crippen LogP contribution in [-0.4, -0.2) is 29.1 Å². The van der Waals surface area contributed by atoms with Crippen LogP contribution in [0, 0.1) is 17.7 Å². The van der Waals surface area contributed by atoms with Crippen LogP contribution >= 0.6 is 11.3 Å². The molecule has 0 radical (unpaired) electrons. The van der Waals surface area contributed by atoms with E-state index in [-0.39, 0.29) is 12.2 Å². The number of hydrogen-bond acceptors (Lipinski definition) is 4. The summed E-state index contributed by atoms with van der Waals surface area (Å²) in [6, 6.07) is 4.11. The molecule has 6 heteroatoms. The summed E-state index contributed by atoms with van der Waals surface area (Å²) in [4.78, 5) is 16.0. The van der Waals surface area contributed by atoms with Gasteiger partial charge in [-0.3, -0.25) is 4.79 Å². The Bertz CT molecular complexity index is 675. The predicted octanol–water partition coefficient (Wildman–Crippen LogP) is 1.60. The lowest BCUT2D eigenvalue weighted by molar-refractivity contribution is 0.0950. The lowest BCUT2D eigenvalue weighted by atomic mass is 10.1. The monoisotopic (exact) mass is 304 g/mol. The van der Waals surface area contributed by atoms with Gasteiger partial charge >= 0.3 is 0 Å². The number of rotatable bonds is 4. The molecule has 2 rings (SSSR count). The summed E-state index contributed by atoms with van der Waals surface area (Å²) < 4.78 is 13.8. The first-order valence-corrected chi connectivity index (χ1v) is 7.19. The number of hydrogen-bond donors (Lipinski definition) is 2. The molecular formula is C15H13FN2O2S. The Kier molecular flexibility index (Phi) is 5.43. The summed E-state index contributed by atoms with van der Waals surface area (Å²) in [6.45, 7) is 0.106. The average molecular weight is 304 g/mol. The molecule has 21 heavy (non-hydrogen) atoms. The maximum absolute atomic E-state index is 13.8. The van der Waals surface area contributed by atoms with Gasteiger partial charge in [0.2, 0.25) is 0 Å². The molecule has 0 saturated heterocycles. The molecule has 1 amide bonds. The van der Waals surface area contributed by atoms with Crippen molar-refractivity contribution in [1.82, 2.24) is 10.3 Å². The maximum Gasteiger partial charge on any atom is 0.254 e. The second-order valence-corrected chi connectivity index (χ2v) is 4.86. The summed E-state index contributed by atoms with van der Waals surface area (Å²) in [5, 5.41) is 13.1. The number of nitrogens with one attached hydrogen (secondary N) is 1. The highest BCUT2D eigenvalue weighted by atomic mass is 32.1. The van der Waals surface area contributed by atoms with E-state index in [1.165, 1.54) is 23.5 Å². The second-order valence-electron chi connectivity index (χ2n) is 4.14. The minimum absolute atomic E-state index is 0.0252. The van der Waals surface area contributed by atoms with Gasteiger partial charge in [-0.25, -0.2) is 9.37 Å². The Morgan fingerprint density at radius 2 is 2.33 bits per heavy atom. The van der Waals surface area contributed by atoms with Crippen LogP contribution in [0.3, 0.4) is 0 Å². The third-order valence-corrected chi connectivity index (χ3v) is 3.31. The molecule has 0 bridgehead atoms. The molecule has 2 N–H and O–H groups in total. The summed E-state index contributed by atoms with van der Waals surface area (Å²) in [5.41, 5.74) is 3.02. The first-order valence-electron chi connectivity index (χ1n) is 6.25. The van der Waals surface area contributed by atoms with Gasteiger partial charge in [0, 0.05) is 23.9 Å². The summed E-state index contributed by atoms with van der Waals surface area (Å²) in [6.07, 6.45) is 0.608. The molecule has 0 aliphatic rings. The van der Waals surface area contributed by atoms with E-state index in [0.717, 1.165) is 5.69 Å². The normalized spacial score (nSPS) is 9.81. The SMILES string of the molecule is O=C(NCCc1cscn1)c1ccc(C#CCO)cc1F. The number of aliphatic hydroxyl groups is 1. The van der Waals surface area contributed by atoms with Crippen molar-refractivity contribution in [3.8, 4) is 11.8 Å². The van der Waals surface area contributed by atoms with Crippen molar-refractivity contribution in [3.05, 3.63) is 51.7 Å². The molecule has 0 aliphatic heterocycles. The van der Waals surface area contributed by atoms with Crippen molar-refractivity contribution >= 4 is 17.2 Å². The second kappa shape index (κ2) is 7.53. The minimum Gasteiger partial charge on any atom is -0.384 e. The van der Waals surface area contributed by atoms with Crippen LogP contribution in [0.25, 0.3) is 0 Å². The van der Waals surface area contributed by atoms with Gasteiger partial charge in [0.05, 0.1) is 16.8 Å². The molecule has 0 saturated carbocycles. The molecule has 0 atom stereocenters. The largest absolute Gasteiger partial charge is 0.384 e. The Morgan fingerprint density at radius 3 is 3.00 bits per heavy atom. The topological polar surface area (TPSA) is 62.2 Å². The molecule has 0 spiro atoms. The van der Waals surface area contributed by atoms with Crippen LogP contribution in [0.2, 0.25) is 0 Å². The number of nitrogens with zero attached hydrogens (tertiary/aromatic N) is 1. The Morgan fingerprint density at radius 1 is 1.48 bits per heavy atom. The van der Waals surface area contributed by atoms with Gasteiger partial charge in [-0.05, 0) is 18.2 Å². The Labute approximate surface area is 125 Å². The van der Waals surface area contributed by atoms with Crippen molar-refractivity contribution in [2.75, 3.05) is 13.2 Å². The zero-order chi connectivity index (χ0) is 15.1. The third-order valence-electron chi connectivity index (χ3n) is 2.68. The smallest absolute Gasteiger partial charge is 0.254 e. The lowest BCUT2D eigenvalue weighted by Gasteiger charge is -2.05. The number of amides is 1. The molecule has 0 unspecified atom stereocenters. The van der Waals surface area contributed by atoms with Gasteiger partial charge in [-0.15, -0.1) is 11.3 Å². The fourth-order valence-electron chi connectivity index (χ4n) is 1.68. The van der Waals surface area contributed by atoms with Gasteiger partial charge < -0.3 is 10.4 Å². The average Bonchev–Trinajstić information content (AvgIpc) is 2.98. The fraction of sp³-hybridized carbons (Fsp3) is 0.200. The third kappa shape index (κ3) is 4.38. The highest BCUT2D eigenvalue weighted by Crippen LogP contribution is 2.10. The summed E-state index contributed by atoms with van der Waals surface area (Å²) >= 11 is 1.49. The van der Waals surface area contributed by atoms with Crippen molar-refractivity contribution in [3.63, 3.8) is 0 Å². The van der Waals surface area contributed by atoms with Crippen molar-refractivity contribution in [1.29, 1.82) is 0 Å². The summed E-state index contributed by atoms with van der Waals surface area (Å²) in [5.74, 6) is 3.91. The van der Waals surface area contributed by atoms with Gasteiger partial charge in [0.1, 0.15) is 12.4 Å². The molecule has 0 fully saturated rings. The van der Waals surface area contributed by atoms with E-state index in [2.05, 4.69) is 22.1 Å². The van der Waals surface area contributed by atoms with Crippen LogP contribution in [0.4, 0.5) is 4.39 Å². The number of carbonyl (C=O) groups excluding carboxylic acids is 1. The number of thiazole rings is 1. The van der Waals surface area contributed by atoms with Gasteiger partial charge in [-0.1, -0.05) is 11.8 Å². The van der Waals surface area contributed by atoms with E-state index < -0.39 is 11.7 Å². The molecule has 1 heterocycles. The van der Waals surface area contributed by atoms with Crippen molar-refractivity contribution in [2.45, 2.75) is 6.42 Å². The van der Waals surface area contributed by atoms with Crippen LogP contribution in [-0.2, 0) is 6.42 Å². The van der Waals surface area contributed by atoms with E-state index in [4.69, 9.17) is 5.11 Å².